The van der Waals surface area contributed by atoms with Gasteiger partial charge in [-0.25, -0.2) is 9.59 Å². The van der Waals surface area contributed by atoms with Crippen molar-refractivity contribution >= 4 is 12.1 Å². The zero-order chi connectivity index (χ0) is 21.8. The number of pyridine rings is 1. The highest BCUT2D eigenvalue weighted by atomic mass is 16.6. The topological polar surface area (TPSA) is 79.7 Å². The van der Waals surface area contributed by atoms with E-state index in [1.165, 1.54) is 11.9 Å². The molecule has 0 saturated heterocycles. The Bertz CT molecular complexity index is 1040. The van der Waals surface area contributed by atoms with Crippen molar-refractivity contribution in [3.05, 3.63) is 89.7 Å². The van der Waals surface area contributed by atoms with Gasteiger partial charge in [-0.1, -0.05) is 48.5 Å². The molecule has 1 N–H and O–H groups in total. The minimum Gasteiger partial charge on any atom is -0.480 e. The number of hydrogen-bond acceptors (Lipinski definition) is 4. The summed E-state index contributed by atoms with van der Waals surface area (Å²) in [6.45, 7) is 0.161. The largest absolute Gasteiger partial charge is 0.480 e. The number of aromatic nitrogens is 1. The Balaban J connectivity index is 1.43. The van der Waals surface area contributed by atoms with Gasteiger partial charge >= 0.3 is 12.1 Å². The number of aryl methyl sites for hydroxylation is 1. The van der Waals surface area contributed by atoms with Crippen LogP contribution in [0.3, 0.4) is 0 Å². The number of carboxylic acid groups (broad SMARTS) is 1. The predicted octanol–water partition coefficient (Wildman–Crippen LogP) is 4.35. The lowest BCUT2D eigenvalue weighted by Gasteiger charge is -2.25. The van der Waals surface area contributed by atoms with E-state index in [0.717, 1.165) is 27.8 Å². The lowest BCUT2D eigenvalue weighted by Crippen LogP contribution is -2.43. The number of likely N-dealkylation sites (N-methyl/N-ethyl adjacent to an activating group) is 1. The fraction of sp³-hybridized carbons (Fsp3) is 0.240. The second kappa shape index (κ2) is 9.00. The first-order valence-corrected chi connectivity index (χ1v) is 10.3. The third-order valence-corrected chi connectivity index (χ3v) is 5.83. The number of carbonyl (C=O) groups is 2. The van der Waals surface area contributed by atoms with Crippen LogP contribution in [0, 0.1) is 0 Å². The van der Waals surface area contributed by atoms with Crippen molar-refractivity contribution in [2.45, 2.75) is 24.8 Å². The Kier molecular flexibility index (Phi) is 5.98. The summed E-state index contributed by atoms with van der Waals surface area (Å²) in [5, 5.41) is 9.65. The number of amides is 1. The molecule has 158 valence electrons. The van der Waals surface area contributed by atoms with Crippen LogP contribution >= 0.6 is 0 Å². The van der Waals surface area contributed by atoms with Gasteiger partial charge in [0.2, 0.25) is 0 Å². The van der Waals surface area contributed by atoms with Crippen molar-refractivity contribution in [3.8, 4) is 11.1 Å². The van der Waals surface area contributed by atoms with Crippen molar-refractivity contribution in [2.75, 3.05) is 13.7 Å². The SMILES string of the molecule is CN(C(=O)OCC1c2ccccc2-c2ccccc21)C(CCc1ccncc1)C(=O)O. The summed E-state index contributed by atoms with van der Waals surface area (Å²) in [7, 11) is 1.48. The Hall–Kier alpha value is -3.67. The highest BCUT2D eigenvalue weighted by Crippen LogP contribution is 2.44. The van der Waals surface area contributed by atoms with Crippen molar-refractivity contribution in [1.29, 1.82) is 0 Å². The molecule has 6 nitrogen and oxygen atoms in total. The Morgan fingerprint density at radius 1 is 1.00 bits per heavy atom. The van der Waals surface area contributed by atoms with Gasteiger partial charge in [0.15, 0.2) is 0 Å². The lowest BCUT2D eigenvalue weighted by molar-refractivity contribution is -0.142. The Labute approximate surface area is 181 Å². The molecule has 0 fully saturated rings. The number of fused-ring (bicyclic) bond motifs is 3. The van der Waals surface area contributed by atoms with Crippen LogP contribution in [0.4, 0.5) is 4.79 Å². The van der Waals surface area contributed by atoms with Crippen LogP contribution < -0.4 is 0 Å². The fourth-order valence-corrected chi connectivity index (χ4v) is 4.16. The van der Waals surface area contributed by atoms with Crippen LogP contribution in [-0.2, 0) is 16.0 Å². The van der Waals surface area contributed by atoms with E-state index in [1.54, 1.807) is 12.4 Å². The molecule has 1 heterocycles. The normalized spacial score (nSPS) is 13.2. The molecule has 1 aromatic heterocycles. The third kappa shape index (κ3) is 4.28. The monoisotopic (exact) mass is 416 g/mol. The quantitative estimate of drug-likeness (QED) is 0.619. The van der Waals surface area contributed by atoms with Gasteiger partial charge < -0.3 is 9.84 Å². The second-order valence-corrected chi connectivity index (χ2v) is 7.66. The van der Waals surface area contributed by atoms with Crippen molar-refractivity contribution < 1.29 is 19.4 Å². The summed E-state index contributed by atoms with van der Waals surface area (Å²) < 4.78 is 5.60. The summed E-state index contributed by atoms with van der Waals surface area (Å²) in [5.74, 6) is -1.12. The van der Waals surface area contributed by atoms with Crippen LogP contribution in [0.2, 0.25) is 0 Å². The van der Waals surface area contributed by atoms with Gasteiger partial charge in [-0.2, -0.15) is 0 Å². The summed E-state index contributed by atoms with van der Waals surface area (Å²) >= 11 is 0. The van der Waals surface area contributed by atoms with E-state index in [9.17, 15) is 14.7 Å². The molecule has 1 amide bonds. The van der Waals surface area contributed by atoms with Crippen molar-refractivity contribution in [2.24, 2.45) is 0 Å². The summed E-state index contributed by atoms with van der Waals surface area (Å²) in [4.78, 5) is 29.6. The number of ether oxygens (including phenoxy) is 1. The standard InChI is InChI=1S/C25H24N2O4/c1-27(23(24(28)29)11-10-17-12-14-26-15-13-17)25(30)31-16-22-20-8-4-2-6-18(20)19-7-3-5-9-21(19)22/h2-9,12-15,22-23H,10-11,16H2,1H3,(H,28,29). The van der Waals surface area contributed by atoms with Gasteiger partial charge in [-0.05, 0) is 52.8 Å². The third-order valence-electron chi connectivity index (χ3n) is 5.83. The van der Waals surface area contributed by atoms with Crippen molar-refractivity contribution in [1.82, 2.24) is 9.88 Å². The summed E-state index contributed by atoms with van der Waals surface area (Å²) in [5.41, 5.74) is 5.50. The molecular formula is C25H24N2O4. The predicted molar refractivity (Wildman–Crippen MR) is 117 cm³/mol. The molecular weight excluding hydrogens is 392 g/mol. The second-order valence-electron chi connectivity index (χ2n) is 7.66. The van der Waals surface area contributed by atoms with Gasteiger partial charge in [0, 0.05) is 25.4 Å². The number of benzene rings is 2. The molecule has 1 atom stereocenters. The molecule has 2 aromatic carbocycles. The van der Waals surface area contributed by atoms with E-state index in [-0.39, 0.29) is 12.5 Å². The first kappa shape index (κ1) is 20.6. The number of hydrogen-bond donors (Lipinski definition) is 1. The molecule has 31 heavy (non-hydrogen) atoms. The number of aliphatic carboxylic acids is 1. The minimum atomic E-state index is -1.05. The Morgan fingerprint density at radius 2 is 1.58 bits per heavy atom. The van der Waals surface area contributed by atoms with Crippen LogP contribution in [-0.4, -0.2) is 46.7 Å². The molecule has 4 rings (SSSR count). The highest BCUT2D eigenvalue weighted by Gasteiger charge is 2.31. The van der Waals surface area contributed by atoms with Crippen LogP contribution in [0.1, 0.15) is 29.0 Å². The molecule has 6 heteroatoms. The molecule has 0 spiro atoms. The van der Waals surface area contributed by atoms with Crippen molar-refractivity contribution in [3.63, 3.8) is 0 Å². The summed E-state index contributed by atoms with van der Waals surface area (Å²) in [6.07, 6.45) is 3.52. The zero-order valence-electron chi connectivity index (χ0n) is 17.3. The molecule has 0 saturated carbocycles. The number of carbonyl (C=O) groups excluding carboxylic acids is 1. The van der Waals surface area contributed by atoms with E-state index in [1.807, 2.05) is 48.5 Å². The van der Waals surface area contributed by atoms with E-state index in [0.29, 0.717) is 12.8 Å². The van der Waals surface area contributed by atoms with Gasteiger partial charge in [0.1, 0.15) is 12.6 Å². The zero-order valence-corrected chi connectivity index (χ0v) is 17.3. The average Bonchev–Trinajstić information content (AvgIpc) is 3.11. The maximum atomic E-state index is 12.7. The molecule has 1 aliphatic carbocycles. The molecule has 3 aromatic rings. The number of rotatable bonds is 7. The van der Waals surface area contributed by atoms with Gasteiger partial charge in [0.25, 0.3) is 0 Å². The van der Waals surface area contributed by atoms with E-state index >= 15 is 0 Å². The van der Waals surface area contributed by atoms with E-state index < -0.39 is 18.1 Å². The molecule has 0 radical (unpaired) electrons. The number of carboxylic acids is 1. The fourth-order valence-electron chi connectivity index (χ4n) is 4.16. The van der Waals surface area contributed by atoms with Crippen LogP contribution in [0.5, 0.6) is 0 Å². The molecule has 0 bridgehead atoms. The van der Waals surface area contributed by atoms with Gasteiger partial charge in [-0.15, -0.1) is 0 Å². The van der Waals surface area contributed by atoms with E-state index in [4.69, 9.17) is 4.74 Å². The average molecular weight is 416 g/mol. The molecule has 1 unspecified atom stereocenters. The van der Waals surface area contributed by atoms with Gasteiger partial charge in [-0.3, -0.25) is 9.88 Å². The van der Waals surface area contributed by atoms with Crippen LogP contribution in [0.25, 0.3) is 11.1 Å². The lowest BCUT2D eigenvalue weighted by atomic mass is 9.98. The van der Waals surface area contributed by atoms with E-state index in [2.05, 4.69) is 17.1 Å². The smallest absolute Gasteiger partial charge is 0.410 e. The maximum Gasteiger partial charge on any atom is 0.410 e. The highest BCUT2D eigenvalue weighted by molar-refractivity contribution is 5.81. The number of nitrogens with zero attached hydrogens (tertiary/aromatic N) is 2. The first-order valence-electron chi connectivity index (χ1n) is 10.3. The van der Waals surface area contributed by atoms with Gasteiger partial charge in [0.05, 0.1) is 0 Å². The molecule has 0 aliphatic heterocycles. The van der Waals surface area contributed by atoms with Crippen LogP contribution in [0.15, 0.2) is 73.1 Å². The first-order chi connectivity index (χ1) is 15.1. The minimum absolute atomic E-state index is 0.0650. The molecule has 1 aliphatic rings. The maximum absolute atomic E-state index is 12.7. The summed E-state index contributed by atoms with van der Waals surface area (Å²) in [6, 6.07) is 18.9. The Morgan fingerprint density at radius 3 is 2.16 bits per heavy atom.